The van der Waals surface area contributed by atoms with E-state index in [1.807, 2.05) is 60.7 Å². The fourth-order valence-corrected chi connectivity index (χ4v) is 3.22. The smallest absolute Gasteiger partial charge is 0.324 e. The largest absolute Gasteiger partial charge is 0.462 e. The van der Waals surface area contributed by atoms with Gasteiger partial charge in [0.05, 0.1) is 10.8 Å². The van der Waals surface area contributed by atoms with Crippen LogP contribution in [0, 0.1) is 0 Å². The molecule has 0 saturated heterocycles. The van der Waals surface area contributed by atoms with Crippen molar-refractivity contribution in [3.8, 4) is 0 Å². The van der Waals surface area contributed by atoms with Crippen molar-refractivity contribution in [3.63, 3.8) is 0 Å². The Balaban J connectivity index is 2.18. The molecule has 1 N–H and O–H groups in total. The van der Waals surface area contributed by atoms with E-state index < -0.39 is 11.2 Å². The van der Waals surface area contributed by atoms with Crippen LogP contribution in [0.3, 0.4) is 0 Å². The summed E-state index contributed by atoms with van der Waals surface area (Å²) in [6, 6.07) is 18.9. The second-order valence-electron chi connectivity index (χ2n) is 4.45. The van der Waals surface area contributed by atoms with Crippen LogP contribution in [0.5, 0.6) is 0 Å². The molecule has 0 heterocycles. The predicted octanol–water partition coefficient (Wildman–Crippen LogP) is 3.37. The van der Waals surface area contributed by atoms with Gasteiger partial charge in [0, 0.05) is 0 Å². The van der Waals surface area contributed by atoms with E-state index in [1.165, 1.54) is 11.8 Å². The summed E-state index contributed by atoms with van der Waals surface area (Å²) in [5.74, 6) is -0.400. The number of carbonyl (C=O) groups is 1. The van der Waals surface area contributed by atoms with Crippen molar-refractivity contribution in [2.24, 2.45) is 0 Å². The summed E-state index contributed by atoms with van der Waals surface area (Å²) in [6.07, 6.45) is 0. The van der Waals surface area contributed by atoms with Crippen LogP contribution in [0.1, 0.15) is 16.4 Å². The Morgan fingerprint density at radius 1 is 1.09 bits per heavy atom. The van der Waals surface area contributed by atoms with E-state index in [0.717, 1.165) is 11.1 Å². The molecular weight excluding hydrogens is 316 g/mol. The first-order chi connectivity index (χ1) is 10.7. The molecule has 5 heteroatoms. The lowest BCUT2D eigenvalue weighted by atomic mass is 10.1. The minimum Gasteiger partial charge on any atom is -0.462 e. The number of hydrogen-bond donors (Lipinski definition) is 1. The molecular formula is C17H16O3S2. The Kier molecular flexibility index (Phi) is 6.58. The van der Waals surface area contributed by atoms with Crippen LogP contribution in [-0.4, -0.2) is 28.5 Å². The molecule has 1 unspecified atom stereocenters. The highest BCUT2D eigenvalue weighted by Gasteiger charge is 2.24. The highest BCUT2D eigenvalue weighted by Crippen LogP contribution is 2.33. The Hall–Kier alpha value is -1.69. The number of thiocarbonyl (C=S) groups is 1. The number of ether oxygens (including phenoxy) is 1. The minimum absolute atomic E-state index is 0.0131. The van der Waals surface area contributed by atoms with Crippen molar-refractivity contribution in [2.45, 2.75) is 5.25 Å². The van der Waals surface area contributed by atoms with E-state index in [9.17, 15) is 4.79 Å². The van der Waals surface area contributed by atoms with E-state index >= 15 is 0 Å². The topological polar surface area (TPSA) is 46.5 Å². The number of aliphatic hydroxyl groups is 1. The first kappa shape index (κ1) is 16.7. The Morgan fingerprint density at radius 2 is 1.68 bits per heavy atom. The van der Waals surface area contributed by atoms with Crippen LogP contribution < -0.4 is 0 Å². The molecule has 0 amide bonds. The van der Waals surface area contributed by atoms with Crippen LogP contribution in [0.2, 0.25) is 0 Å². The number of thioether (sulfide) groups is 1. The monoisotopic (exact) mass is 332 g/mol. The molecule has 0 aromatic heterocycles. The summed E-state index contributed by atoms with van der Waals surface area (Å²) in [7, 11) is 0. The average Bonchev–Trinajstić information content (AvgIpc) is 2.59. The molecule has 0 saturated carbocycles. The number of aliphatic hydroxyl groups excluding tert-OH is 1. The standard InChI is InChI=1S/C17H16O3S2/c18-11-12-20-16(19)15(13-7-3-1-4-8-13)22-17(21)14-9-5-2-6-10-14/h1-10,15,18H,11-12H2. The molecule has 0 aliphatic heterocycles. The lowest BCUT2D eigenvalue weighted by Gasteiger charge is -2.16. The molecule has 0 radical (unpaired) electrons. The van der Waals surface area contributed by atoms with E-state index in [0.29, 0.717) is 4.20 Å². The number of esters is 1. The van der Waals surface area contributed by atoms with Gasteiger partial charge in [0.25, 0.3) is 0 Å². The van der Waals surface area contributed by atoms with Crippen molar-refractivity contribution in [3.05, 3.63) is 71.8 Å². The maximum Gasteiger partial charge on any atom is 0.324 e. The zero-order chi connectivity index (χ0) is 15.8. The molecule has 2 rings (SSSR count). The molecule has 2 aromatic rings. The number of carbonyl (C=O) groups excluding carboxylic acids is 1. The van der Waals surface area contributed by atoms with E-state index in [4.69, 9.17) is 22.1 Å². The Labute approximate surface area is 139 Å². The zero-order valence-electron chi connectivity index (χ0n) is 11.8. The van der Waals surface area contributed by atoms with E-state index in [2.05, 4.69) is 0 Å². The summed E-state index contributed by atoms with van der Waals surface area (Å²) >= 11 is 6.72. The summed E-state index contributed by atoms with van der Waals surface area (Å²) < 4.78 is 5.71. The maximum absolute atomic E-state index is 12.3. The van der Waals surface area contributed by atoms with Crippen LogP contribution in [0.15, 0.2) is 60.7 Å². The van der Waals surface area contributed by atoms with Crippen molar-refractivity contribution < 1.29 is 14.6 Å². The van der Waals surface area contributed by atoms with Gasteiger partial charge in [-0.25, -0.2) is 0 Å². The second-order valence-corrected chi connectivity index (χ2v) is 6.24. The maximum atomic E-state index is 12.3. The quantitative estimate of drug-likeness (QED) is 0.649. The third-order valence-corrected chi connectivity index (χ3v) is 4.56. The van der Waals surface area contributed by atoms with Gasteiger partial charge in [-0.2, -0.15) is 0 Å². The fraction of sp³-hybridized carbons (Fsp3) is 0.176. The molecule has 3 nitrogen and oxygen atoms in total. The third-order valence-electron chi connectivity index (χ3n) is 2.89. The van der Waals surface area contributed by atoms with Gasteiger partial charge in [-0.15, -0.1) is 0 Å². The summed E-state index contributed by atoms with van der Waals surface area (Å²) in [5.41, 5.74) is 1.73. The molecule has 0 fully saturated rings. The Morgan fingerprint density at radius 3 is 2.27 bits per heavy atom. The molecule has 114 valence electrons. The highest BCUT2D eigenvalue weighted by molar-refractivity contribution is 8.24. The van der Waals surface area contributed by atoms with Gasteiger partial charge in [0.15, 0.2) is 0 Å². The number of benzene rings is 2. The first-order valence-electron chi connectivity index (χ1n) is 6.81. The molecule has 0 aliphatic rings. The van der Waals surface area contributed by atoms with Crippen LogP contribution in [0.4, 0.5) is 0 Å². The highest BCUT2D eigenvalue weighted by atomic mass is 32.2. The average molecular weight is 332 g/mol. The van der Waals surface area contributed by atoms with Crippen LogP contribution in [0.25, 0.3) is 0 Å². The minimum atomic E-state index is -0.541. The lowest BCUT2D eigenvalue weighted by Crippen LogP contribution is -2.17. The van der Waals surface area contributed by atoms with Gasteiger partial charge >= 0.3 is 5.97 Å². The van der Waals surface area contributed by atoms with Crippen molar-refractivity contribution >= 4 is 34.1 Å². The summed E-state index contributed by atoms with van der Waals surface area (Å²) in [6.45, 7) is -0.206. The van der Waals surface area contributed by atoms with Crippen LogP contribution >= 0.6 is 24.0 Å². The van der Waals surface area contributed by atoms with Gasteiger partial charge in [-0.1, -0.05) is 84.6 Å². The normalized spacial score (nSPS) is 11.7. The van der Waals surface area contributed by atoms with Gasteiger partial charge in [-0.3, -0.25) is 4.79 Å². The van der Waals surface area contributed by atoms with Gasteiger partial charge in [0.1, 0.15) is 11.9 Å². The lowest BCUT2D eigenvalue weighted by molar-refractivity contribution is -0.144. The van der Waals surface area contributed by atoms with Crippen LogP contribution in [-0.2, 0) is 9.53 Å². The zero-order valence-corrected chi connectivity index (χ0v) is 13.5. The molecule has 22 heavy (non-hydrogen) atoms. The summed E-state index contributed by atoms with van der Waals surface area (Å²) in [5, 5.41) is 8.28. The first-order valence-corrected chi connectivity index (χ1v) is 8.09. The molecule has 1 atom stereocenters. The predicted molar refractivity (Wildman–Crippen MR) is 93.0 cm³/mol. The van der Waals surface area contributed by atoms with Gasteiger partial charge in [0.2, 0.25) is 0 Å². The summed E-state index contributed by atoms with van der Waals surface area (Å²) in [4.78, 5) is 12.3. The number of hydrogen-bond acceptors (Lipinski definition) is 5. The SMILES string of the molecule is O=C(OCCO)C(SC(=S)c1ccccc1)c1ccccc1. The second kappa shape index (κ2) is 8.68. The molecule has 0 bridgehead atoms. The van der Waals surface area contributed by atoms with Crippen molar-refractivity contribution in [1.82, 2.24) is 0 Å². The Bertz CT molecular complexity index is 614. The van der Waals surface area contributed by atoms with E-state index in [1.54, 1.807) is 0 Å². The molecule has 0 aliphatic carbocycles. The van der Waals surface area contributed by atoms with Gasteiger partial charge in [-0.05, 0) is 11.1 Å². The molecule has 0 spiro atoms. The van der Waals surface area contributed by atoms with E-state index in [-0.39, 0.29) is 13.2 Å². The number of rotatable bonds is 6. The van der Waals surface area contributed by atoms with Crippen molar-refractivity contribution in [1.29, 1.82) is 0 Å². The third kappa shape index (κ3) is 4.66. The molecule has 2 aromatic carbocycles. The fourth-order valence-electron chi connectivity index (χ4n) is 1.85. The van der Waals surface area contributed by atoms with Gasteiger partial charge < -0.3 is 9.84 Å². The van der Waals surface area contributed by atoms with Crippen molar-refractivity contribution in [2.75, 3.05) is 13.2 Å².